The van der Waals surface area contributed by atoms with E-state index in [-0.39, 0.29) is 6.04 Å². The summed E-state index contributed by atoms with van der Waals surface area (Å²) < 4.78 is 10.5. The van der Waals surface area contributed by atoms with Crippen molar-refractivity contribution < 1.29 is 9.47 Å². The number of halogens is 2. The minimum absolute atomic E-state index is 0.287. The van der Waals surface area contributed by atoms with Crippen molar-refractivity contribution in [2.45, 2.75) is 6.04 Å². The summed E-state index contributed by atoms with van der Waals surface area (Å²) in [5.41, 5.74) is 4.50. The zero-order chi connectivity index (χ0) is 15.4. The van der Waals surface area contributed by atoms with Gasteiger partial charge in [0.05, 0.1) is 20.3 Å². The van der Waals surface area contributed by atoms with Gasteiger partial charge in [0.15, 0.2) is 0 Å². The highest BCUT2D eigenvalue weighted by Crippen LogP contribution is 2.32. The van der Waals surface area contributed by atoms with Crippen molar-refractivity contribution in [1.82, 2.24) is 5.43 Å². The molecule has 112 valence electrons. The summed E-state index contributed by atoms with van der Waals surface area (Å²) in [4.78, 5) is 0. The van der Waals surface area contributed by atoms with Gasteiger partial charge in [-0.2, -0.15) is 0 Å². The molecule has 6 heteroatoms. The summed E-state index contributed by atoms with van der Waals surface area (Å²) in [5, 5.41) is 1.10. The van der Waals surface area contributed by atoms with Gasteiger partial charge < -0.3 is 9.47 Å². The Kier molecular flexibility index (Phi) is 5.31. The van der Waals surface area contributed by atoms with E-state index in [1.807, 2.05) is 24.3 Å². The Bertz CT molecular complexity index is 593. The maximum absolute atomic E-state index is 6.05. The largest absolute Gasteiger partial charge is 0.497 e. The number of methoxy groups -OCH3 is 2. The lowest BCUT2D eigenvalue weighted by Crippen LogP contribution is -2.28. The molecule has 0 bridgehead atoms. The molecule has 0 amide bonds. The van der Waals surface area contributed by atoms with E-state index >= 15 is 0 Å². The molecule has 0 saturated carbocycles. The lowest BCUT2D eigenvalue weighted by atomic mass is 9.99. The van der Waals surface area contributed by atoms with E-state index in [2.05, 4.69) is 5.43 Å². The number of benzene rings is 2. The molecule has 1 unspecified atom stereocenters. The van der Waals surface area contributed by atoms with Crippen molar-refractivity contribution in [3.8, 4) is 11.5 Å². The standard InChI is InChI=1S/C15H16Cl2N2O2/c1-20-13-5-10(6-14(8-13)21-2)15(19-18)9-3-11(16)7-12(17)4-9/h3-8,15,19H,18H2,1-2H3. The molecule has 0 saturated heterocycles. The summed E-state index contributed by atoms with van der Waals surface area (Å²) in [5.74, 6) is 7.06. The van der Waals surface area contributed by atoms with Crippen molar-refractivity contribution in [3.63, 3.8) is 0 Å². The van der Waals surface area contributed by atoms with Crippen LogP contribution in [-0.4, -0.2) is 14.2 Å². The monoisotopic (exact) mass is 326 g/mol. The van der Waals surface area contributed by atoms with Gasteiger partial charge in [0.1, 0.15) is 11.5 Å². The third-order valence-electron chi connectivity index (χ3n) is 3.09. The van der Waals surface area contributed by atoms with Crippen LogP contribution in [0, 0.1) is 0 Å². The number of hydrogen-bond acceptors (Lipinski definition) is 4. The Labute approximate surface area is 133 Å². The van der Waals surface area contributed by atoms with Crippen molar-refractivity contribution in [1.29, 1.82) is 0 Å². The predicted octanol–water partition coefficient (Wildman–Crippen LogP) is 3.56. The molecule has 1 atom stereocenters. The smallest absolute Gasteiger partial charge is 0.122 e. The first-order valence-corrected chi connectivity index (χ1v) is 6.98. The van der Waals surface area contributed by atoms with Crippen LogP contribution in [0.2, 0.25) is 10.0 Å². The molecule has 2 aromatic carbocycles. The van der Waals surface area contributed by atoms with Crippen LogP contribution in [0.3, 0.4) is 0 Å². The van der Waals surface area contributed by atoms with Crippen LogP contribution in [0.25, 0.3) is 0 Å². The molecular formula is C15H16Cl2N2O2. The van der Waals surface area contributed by atoms with Crippen molar-refractivity contribution in [2.75, 3.05) is 14.2 Å². The highest BCUT2D eigenvalue weighted by Gasteiger charge is 2.16. The summed E-state index contributed by atoms with van der Waals surface area (Å²) >= 11 is 12.1. The topological polar surface area (TPSA) is 56.5 Å². The number of hydrogen-bond donors (Lipinski definition) is 2. The molecule has 0 aromatic heterocycles. The van der Waals surface area contributed by atoms with Gasteiger partial charge >= 0.3 is 0 Å². The molecule has 21 heavy (non-hydrogen) atoms. The number of nitrogens with one attached hydrogen (secondary N) is 1. The molecule has 0 aliphatic heterocycles. The van der Waals surface area contributed by atoms with Gasteiger partial charge in [-0.1, -0.05) is 23.2 Å². The molecule has 0 aliphatic rings. The molecule has 0 radical (unpaired) electrons. The Morgan fingerprint density at radius 1 is 0.857 bits per heavy atom. The minimum atomic E-state index is -0.287. The Morgan fingerprint density at radius 2 is 1.33 bits per heavy atom. The second-order valence-corrected chi connectivity index (χ2v) is 5.32. The second-order valence-electron chi connectivity index (χ2n) is 4.45. The SMILES string of the molecule is COc1cc(OC)cc(C(NN)c2cc(Cl)cc(Cl)c2)c1. The second kappa shape index (κ2) is 7.00. The van der Waals surface area contributed by atoms with Gasteiger partial charge in [0, 0.05) is 16.1 Å². The van der Waals surface area contributed by atoms with Crippen LogP contribution in [0.15, 0.2) is 36.4 Å². The van der Waals surface area contributed by atoms with E-state index < -0.39 is 0 Å². The summed E-state index contributed by atoms with van der Waals surface area (Å²) in [6.07, 6.45) is 0. The molecule has 0 spiro atoms. The third kappa shape index (κ3) is 3.80. The first kappa shape index (κ1) is 15.9. The average Bonchev–Trinajstić information content (AvgIpc) is 2.46. The Balaban J connectivity index is 2.49. The zero-order valence-corrected chi connectivity index (χ0v) is 13.2. The molecule has 2 aromatic rings. The van der Waals surface area contributed by atoms with Crippen molar-refractivity contribution in [2.24, 2.45) is 5.84 Å². The first-order valence-electron chi connectivity index (χ1n) is 6.22. The van der Waals surface area contributed by atoms with Crippen LogP contribution < -0.4 is 20.7 Å². The van der Waals surface area contributed by atoms with Crippen molar-refractivity contribution >= 4 is 23.2 Å². The third-order valence-corrected chi connectivity index (χ3v) is 3.53. The number of nitrogens with two attached hydrogens (primary N) is 1. The number of hydrazine groups is 1. The summed E-state index contributed by atoms with van der Waals surface area (Å²) in [7, 11) is 3.19. The maximum atomic E-state index is 6.05. The lowest BCUT2D eigenvalue weighted by Gasteiger charge is -2.19. The highest BCUT2D eigenvalue weighted by molar-refractivity contribution is 6.34. The van der Waals surface area contributed by atoms with Gasteiger partial charge in [-0.25, -0.2) is 5.43 Å². The van der Waals surface area contributed by atoms with E-state index in [0.717, 1.165) is 11.1 Å². The van der Waals surface area contributed by atoms with Crippen molar-refractivity contribution in [3.05, 3.63) is 57.6 Å². The Morgan fingerprint density at radius 3 is 1.76 bits per heavy atom. The fraction of sp³-hybridized carbons (Fsp3) is 0.200. The summed E-state index contributed by atoms with van der Waals surface area (Å²) in [6, 6.07) is 10.6. The predicted molar refractivity (Wildman–Crippen MR) is 85.2 cm³/mol. The van der Waals surface area contributed by atoms with Gasteiger partial charge in [-0.05, 0) is 41.5 Å². The first-order chi connectivity index (χ1) is 10.1. The molecule has 3 N–H and O–H groups in total. The van der Waals surface area contributed by atoms with Gasteiger partial charge in [0.2, 0.25) is 0 Å². The molecule has 2 rings (SSSR count). The Hall–Kier alpha value is -1.46. The zero-order valence-electron chi connectivity index (χ0n) is 11.7. The number of rotatable bonds is 5. The summed E-state index contributed by atoms with van der Waals surface area (Å²) in [6.45, 7) is 0. The van der Waals surface area contributed by atoms with E-state index in [4.69, 9.17) is 38.5 Å². The van der Waals surface area contributed by atoms with E-state index in [0.29, 0.717) is 21.5 Å². The van der Waals surface area contributed by atoms with Crippen LogP contribution in [0.5, 0.6) is 11.5 Å². The quantitative estimate of drug-likeness (QED) is 0.651. The molecule has 0 aliphatic carbocycles. The van der Waals surface area contributed by atoms with Gasteiger partial charge in [-0.3, -0.25) is 5.84 Å². The molecular weight excluding hydrogens is 311 g/mol. The number of ether oxygens (including phenoxy) is 2. The average molecular weight is 327 g/mol. The fourth-order valence-corrected chi connectivity index (χ4v) is 2.67. The normalized spacial score (nSPS) is 12.0. The van der Waals surface area contributed by atoms with E-state index in [1.54, 1.807) is 26.4 Å². The van der Waals surface area contributed by atoms with Crippen LogP contribution in [0.4, 0.5) is 0 Å². The lowest BCUT2D eigenvalue weighted by molar-refractivity contribution is 0.392. The fourth-order valence-electron chi connectivity index (χ4n) is 2.12. The van der Waals surface area contributed by atoms with Crippen LogP contribution in [0.1, 0.15) is 17.2 Å². The van der Waals surface area contributed by atoms with E-state index in [1.165, 1.54) is 0 Å². The van der Waals surface area contributed by atoms with Gasteiger partial charge in [0.25, 0.3) is 0 Å². The van der Waals surface area contributed by atoms with E-state index in [9.17, 15) is 0 Å². The van der Waals surface area contributed by atoms with Gasteiger partial charge in [-0.15, -0.1) is 0 Å². The minimum Gasteiger partial charge on any atom is -0.497 e. The highest BCUT2D eigenvalue weighted by atomic mass is 35.5. The molecule has 0 fully saturated rings. The van der Waals surface area contributed by atoms with Crippen LogP contribution >= 0.6 is 23.2 Å². The van der Waals surface area contributed by atoms with Crippen LogP contribution in [-0.2, 0) is 0 Å². The molecule has 0 heterocycles. The molecule has 4 nitrogen and oxygen atoms in total. The maximum Gasteiger partial charge on any atom is 0.122 e.